The molecule has 0 saturated carbocycles. The fourth-order valence-corrected chi connectivity index (χ4v) is 4.99. The first-order chi connectivity index (χ1) is 19.9. The van der Waals surface area contributed by atoms with Crippen LogP contribution < -0.4 is 9.47 Å². The zero-order valence-corrected chi connectivity index (χ0v) is 23.1. The molecule has 4 heterocycles. The molecule has 0 spiro atoms. The molecule has 0 atom stereocenters. The van der Waals surface area contributed by atoms with Crippen LogP contribution in [0.15, 0.2) is 109 Å². The maximum Gasteiger partial charge on any atom is 0.130 e. The molecule has 0 aliphatic carbocycles. The average molecular weight is 535 g/mol. The molecule has 4 aromatic rings. The summed E-state index contributed by atoms with van der Waals surface area (Å²) in [5, 5.41) is 0. The smallest absolute Gasteiger partial charge is 0.130 e. The number of rotatable bonds is 0. The molecule has 0 aromatic heterocycles. The second kappa shape index (κ2) is 15.1. The van der Waals surface area contributed by atoms with Gasteiger partial charge in [0.25, 0.3) is 0 Å². The van der Waals surface area contributed by atoms with E-state index in [2.05, 4.69) is 66.7 Å². The molecule has 8 rings (SSSR count). The van der Waals surface area contributed by atoms with E-state index in [0.29, 0.717) is 0 Å². The third-order valence-electron chi connectivity index (χ3n) is 7.21. The molecule has 0 saturated heterocycles. The van der Waals surface area contributed by atoms with Crippen molar-refractivity contribution >= 4 is 0 Å². The van der Waals surface area contributed by atoms with Gasteiger partial charge in [0.1, 0.15) is 11.5 Å². The number of aryl methyl sites for hydroxylation is 1. The molecule has 40 heavy (non-hydrogen) atoms. The third kappa shape index (κ3) is 8.08. The molecule has 4 aromatic carbocycles. The Hall–Kier alpha value is -3.86. The molecule has 206 valence electrons. The minimum atomic E-state index is 0.802. The normalized spacial score (nSPS) is 15.6. The highest BCUT2D eigenvalue weighted by molar-refractivity contribution is 5.37. The minimum Gasteiger partial charge on any atom is -0.493 e. The predicted molar refractivity (Wildman–Crippen MR) is 160 cm³/mol. The van der Waals surface area contributed by atoms with E-state index >= 15 is 0 Å². The lowest BCUT2D eigenvalue weighted by atomic mass is 10.0. The average Bonchev–Trinajstić information content (AvgIpc) is 3.06. The van der Waals surface area contributed by atoms with Gasteiger partial charge in [-0.25, -0.2) is 0 Å². The number of hydrogen-bond donors (Lipinski definition) is 0. The maximum atomic E-state index is 5.42. The Labute approximate surface area is 238 Å². The van der Waals surface area contributed by atoms with Crippen LogP contribution in [0.25, 0.3) is 0 Å². The number of fused-ring (bicyclic) bond motifs is 4. The maximum absolute atomic E-state index is 5.42. The van der Waals surface area contributed by atoms with Crippen LogP contribution in [0.1, 0.15) is 39.8 Å². The number of para-hydroxylation sites is 2. The Morgan fingerprint density at radius 2 is 0.975 bits per heavy atom. The fourth-order valence-electron chi connectivity index (χ4n) is 4.99. The fraction of sp³-hybridized carbons (Fsp3) is 0.278. The first-order valence-corrected chi connectivity index (χ1v) is 14.3. The Balaban J connectivity index is 0.000000108. The quantitative estimate of drug-likeness (QED) is 0.232. The van der Waals surface area contributed by atoms with Crippen LogP contribution in [0.2, 0.25) is 0 Å². The Morgan fingerprint density at radius 1 is 0.450 bits per heavy atom. The summed E-state index contributed by atoms with van der Waals surface area (Å²) in [5.41, 5.74) is 8.24. The molecule has 0 unspecified atom stereocenters. The van der Waals surface area contributed by atoms with Crippen LogP contribution in [-0.2, 0) is 48.4 Å². The summed E-state index contributed by atoms with van der Waals surface area (Å²) in [6, 6.07) is 33.3. The summed E-state index contributed by atoms with van der Waals surface area (Å²) >= 11 is 0. The highest BCUT2D eigenvalue weighted by Gasteiger charge is 2.08. The molecule has 4 heteroatoms. The monoisotopic (exact) mass is 534 g/mol. The highest BCUT2D eigenvalue weighted by atomic mass is 16.5. The molecule has 0 amide bonds. The van der Waals surface area contributed by atoms with Crippen LogP contribution in [0.3, 0.4) is 0 Å². The molecule has 0 bridgehead atoms. The van der Waals surface area contributed by atoms with Crippen molar-refractivity contribution in [1.82, 2.24) is 0 Å². The number of benzene rings is 4. The summed E-state index contributed by atoms with van der Waals surface area (Å²) < 4.78 is 21.3. The largest absolute Gasteiger partial charge is 0.493 e. The molecule has 4 nitrogen and oxygen atoms in total. The molecular formula is C36H38O4. The van der Waals surface area contributed by atoms with Gasteiger partial charge in [-0.05, 0) is 83.7 Å². The summed E-state index contributed by atoms with van der Waals surface area (Å²) in [6.45, 7) is 4.26. The minimum absolute atomic E-state index is 0.802. The molecular weight excluding hydrogens is 496 g/mol. The standard InChI is InChI=1S/C9H10O.C9H8O.2C9H10O/c2*1-2-6-9-8(4-1)5-3-7-10-9;2*1-2-4-9-7-10-6-5-8(9)3-1/h1-2,4,6H,3,5,7H2;1-4,6-7H,5H2;2*1-4H,5-7H2. The zero-order valence-electron chi connectivity index (χ0n) is 23.1. The number of allylic oxidation sites excluding steroid dienone is 1. The van der Waals surface area contributed by atoms with Gasteiger partial charge in [-0.2, -0.15) is 0 Å². The van der Waals surface area contributed by atoms with Gasteiger partial charge < -0.3 is 18.9 Å². The van der Waals surface area contributed by atoms with E-state index in [1.807, 2.05) is 36.4 Å². The van der Waals surface area contributed by atoms with E-state index in [0.717, 1.165) is 70.2 Å². The van der Waals surface area contributed by atoms with E-state index < -0.39 is 0 Å². The van der Waals surface area contributed by atoms with Crippen molar-refractivity contribution in [3.05, 3.63) is 143 Å². The van der Waals surface area contributed by atoms with E-state index in [-0.39, 0.29) is 0 Å². The van der Waals surface area contributed by atoms with E-state index in [4.69, 9.17) is 18.9 Å². The molecule has 4 aliphatic rings. The topological polar surface area (TPSA) is 36.9 Å². The van der Waals surface area contributed by atoms with Crippen molar-refractivity contribution in [3.63, 3.8) is 0 Å². The van der Waals surface area contributed by atoms with Crippen molar-refractivity contribution in [2.45, 2.75) is 45.3 Å². The third-order valence-corrected chi connectivity index (χ3v) is 7.21. The number of hydrogen-bond acceptors (Lipinski definition) is 4. The Morgan fingerprint density at radius 3 is 1.55 bits per heavy atom. The highest BCUT2D eigenvalue weighted by Crippen LogP contribution is 2.23. The van der Waals surface area contributed by atoms with Crippen molar-refractivity contribution in [1.29, 1.82) is 0 Å². The first kappa shape index (κ1) is 27.7. The second-order valence-electron chi connectivity index (χ2n) is 10.0. The SMILES string of the molecule is C1=COc2ccccc2C1.c1ccc2c(c1)CCCO2.c1ccc2c(c1)CCOC2.c1ccc2c(c1)CCOC2. The van der Waals surface area contributed by atoms with Crippen LogP contribution >= 0.6 is 0 Å². The van der Waals surface area contributed by atoms with Gasteiger partial charge >= 0.3 is 0 Å². The molecule has 0 radical (unpaired) electrons. The summed E-state index contributed by atoms with van der Waals surface area (Å²) in [4.78, 5) is 0. The Kier molecular flexibility index (Phi) is 10.4. The van der Waals surface area contributed by atoms with Gasteiger partial charge in [0.15, 0.2) is 0 Å². The van der Waals surface area contributed by atoms with Crippen LogP contribution in [0.5, 0.6) is 11.5 Å². The van der Waals surface area contributed by atoms with Crippen LogP contribution in [0, 0.1) is 0 Å². The lowest BCUT2D eigenvalue weighted by Crippen LogP contribution is -2.08. The van der Waals surface area contributed by atoms with Gasteiger partial charge in [0, 0.05) is 0 Å². The molecule has 4 aliphatic heterocycles. The van der Waals surface area contributed by atoms with Gasteiger partial charge in [-0.1, -0.05) is 84.9 Å². The van der Waals surface area contributed by atoms with E-state index in [9.17, 15) is 0 Å². The van der Waals surface area contributed by atoms with Gasteiger partial charge in [-0.15, -0.1) is 0 Å². The molecule has 0 fully saturated rings. The summed E-state index contributed by atoms with van der Waals surface area (Å²) in [6.07, 6.45) is 9.25. The lowest BCUT2D eigenvalue weighted by molar-refractivity contribution is 0.110. The van der Waals surface area contributed by atoms with Crippen LogP contribution in [-0.4, -0.2) is 19.8 Å². The van der Waals surface area contributed by atoms with Crippen molar-refractivity contribution in [2.75, 3.05) is 19.8 Å². The van der Waals surface area contributed by atoms with Crippen molar-refractivity contribution in [2.24, 2.45) is 0 Å². The first-order valence-electron chi connectivity index (χ1n) is 14.3. The summed E-state index contributed by atoms with van der Waals surface area (Å²) in [5.74, 6) is 2.07. The number of ether oxygens (including phenoxy) is 4. The van der Waals surface area contributed by atoms with E-state index in [1.54, 1.807) is 6.26 Å². The lowest BCUT2D eigenvalue weighted by Gasteiger charge is -2.15. The van der Waals surface area contributed by atoms with Gasteiger partial charge in [0.2, 0.25) is 0 Å². The van der Waals surface area contributed by atoms with Crippen molar-refractivity contribution in [3.8, 4) is 11.5 Å². The zero-order chi connectivity index (χ0) is 27.2. The molecule has 0 N–H and O–H groups in total. The van der Waals surface area contributed by atoms with E-state index in [1.165, 1.54) is 39.8 Å². The predicted octanol–water partition coefficient (Wildman–Crippen LogP) is 7.67. The van der Waals surface area contributed by atoms with Crippen molar-refractivity contribution < 1.29 is 18.9 Å². The second-order valence-corrected chi connectivity index (χ2v) is 10.0. The van der Waals surface area contributed by atoms with Gasteiger partial charge in [0.05, 0.1) is 39.3 Å². The van der Waals surface area contributed by atoms with Crippen LogP contribution in [0.4, 0.5) is 0 Å². The summed E-state index contributed by atoms with van der Waals surface area (Å²) in [7, 11) is 0. The van der Waals surface area contributed by atoms with Gasteiger partial charge in [-0.3, -0.25) is 0 Å². The Bertz CT molecular complexity index is 1150.